The summed E-state index contributed by atoms with van der Waals surface area (Å²) >= 11 is 2.55. The van der Waals surface area contributed by atoms with Crippen molar-refractivity contribution >= 4 is 44.4 Å². The molecule has 0 spiro atoms. The molecule has 0 aliphatic rings. The summed E-state index contributed by atoms with van der Waals surface area (Å²) in [5, 5.41) is 11.6. The number of benzene rings is 2. The third kappa shape index (κ3) is 4.49. The van der Waals surface area contributed by atoms with Gasteiger partial charge in [-0.3, -0.25) is 4.79 Å². The van der Waals surface area contributed by atoms with E-state index in [4.69, 9.17) is 13.9 Å². The number of aromatic nitrogens is 3. The fourth-order valence-electron chi connectivity index (χ4n) is 2.51. The number of rotatable bonds is 7. The standard InChI is InChI=1S/C19H16N4O4S2/c1-25-12-5-3-4-11(8-12)17-22-23-19(27-17)28-10-16(24)21-18-20-14-7-6-13(26-2)9-15(14)29-18/h3-9H,10H2,1-2H3,(H,20,21,24). The monoisotopic (exact) mass is 428 g/mol. The summed E-state index contributed by atoms with van der Waals surface area (Å²) < 4.78 is 17.0. The fraction of sp³-hybridized carbons (Fsp3) is 0.158. The van der Waals surface area contributed by atoms with Crippen LogP contribution in [0.15, 0.2) is 52.1 Å². The Kier molecular flexibility index (Phi) is 5.63. The van der Waals surface area contributed by atoms with Crippen molar-refractivity contribution in [2.24, 2.45) is 0 Å². The van der Waals surface area contributed by atoms with Gasteiger partial charge < -0.3 is 19.2 Å². The average Bonchev–Trinajstić information content (AvgIpc) is 3.38. The van der Waals surface area contributed by atoms with Crippen molar-refractivity contribution < 1.29 is 18.7 Å². The first kappa shape index (κ1) is 19.2. The highest BCUT2D eigenvalue weighted by molar-refractivity contribution is 7.99. The highest BCUT2D eigenvalue weighted by atomic mass is 32.2. The van der Waals surface area contributed by atoms with E-state index in [1.165, 1.54) is 11.3 Å². The molecule has 1 N–H and O–H groups in total. The number of carbonyl (C=O) groups is 1. The minimum Gasteiger partial charge on any atom is -0.497 e. The predicted octanol–water partition coefficient (Wildman–Crippen LogP) is 4.09. The van der Waals surface area contributed by atoms with Gasteiger partial charge in [-0.25, -0.2) is 4.98 Å². The van der Waals surface area contributed by atoms with E-state index in [0.29, 0.717) is 22.0 Å². The molecule has 10 heteroatoms. The first-order valence-electron chi connectivity index (χ1n) is 8.50. The van der Waals surface area contributed by atoms with Gasteiger partial charge in [-0.05, 0) is 36.4 Å². The molecule has 2 heterocycles. The molecule has 2 aromatic carbocycles. The molecule has 148 valence electrons. The van der Waals surface area contributed by atoms with Gasteiger partial charge in [0.2, 0.25) is 11.8 Å². The Bertz CT molecular complexity index is 1160. The number of nitrogens with one attached hydrogen (secondary N) is 1. The molecule has 1 amide bonds. The predicted molar refractivity (Wildman–Crippen MR) is 112 cm³/mol. The molecular formula is C19H16N4O4S2. The lowest BCUT2D eigenvalue weighted by Gasteiger charge is -2.00. The Labute approximate surface area is 174 Å². The largest absolute Gasteiger partial charge is 0.497 e. The number of hydrogen-bond donors (Lipinski definition) is 1. The van der Waals surface area contributed by atoms with E-state index in [0.717, 1.165) is 33.3 Å². The number of hydrogen-bond acceptors (Lipinski definition) is 9. The molecule has 4 aromatic rings. The number of thioether (sulfide) groups is 1. The second kappa shape index (κ2) is 8.50. The van der Waals surface area contributed by atoms with Crippen LogP contribution in [0, 0.1) is 0 Å². The summed E-state index contributed by atoms with van der Waals surface area (Å²) in [6.07, 6.45) is 0. The van der Waals surface area contributed by atoms with Crippen molar-refractivity contribution in [2.45, 2.75) is 5.22 Å². The van der Waals surface area contributed by atoms with E-state index in [2.05, 4.69) is 20.5 Å². The average molecular weight is 428 g/mol. The van der Waals surface area contributed by atoms with Gasteiger partial charge in [0.25, 0.3) is 5.22 Å². The third-order valence-corrected chi connectivity index (χ3v) is 5.64. The molecule has 4 rings (SSSR count). The van der Waals surface area contributed by atoms with Crippen LogP contribution in [0.5, 0.6) is 11.5 Å². The summed E-state index contributed by atoms with van der Waals surface area (Å²) in [6.45, 7) is 0. The van der Waals surface area contributed by atoms with Gasteiger partial charge >= 0.3 is 0 Å². The molecule has 0 saturated carbocycles. The van der Waals surface area contributed by atoms with E-state index in [9.17, 15) is 4.79 Å². The number of thiazole rings is 1. The third-order valence-electron chi connectivity index (χ3n) is 3.89. The molecule has 0 bridgehead atoms. The van der Waals surface area contributed by atoms with Gasteiger partial charge in [0.15, 0.2) is 5.13 Å². The fourth-order valence-corrected chi connectivity index (χ4v) is 3.98. The first-order valence-corrected chi connectivity index (χ1v) is 10.3. The molecule has 0 radical (unpaired) electrons. The SMILES string of the molecule is COc1cccc(-c2nnc(SCC(=O)Nc3nc4ccc(OC)cc4s3)o2)c1. The minimum atomic E-state index is -0.206. The van der Waals surface area contributed by atoms with E-state index in [-0.39, 0.29) is 11.7 Å². The minimum absolute atomic E-state index is 0.124. The Hall–Kier alpha value is -3.11. The summed E-state index contributed by atoms with van der Waals surface area (Å²) in [6, 6.07) is 12.9. The first-order chi connectivity index (χ1) is 14.1. The zero-order valence-electron chi connectivity index (χ0n) is 15.5. The van der Waals surface area contributed by atoms with Gasteiger partial charge in [-0.2, -0.15) is 0 Å². The van der Waals surface area contributed by atoms with Crippen molar-refractivity contribution in [3.63, 3.8) is 0 Å². The topological polar surface area (TPSA) is 99.4 Å². The summed E-state index contributed by atoms with van der Waals surface area (Å²) in [4.78, 5) is 16.7. The van der Waals surface area contributed by atoms with E-state index in [1.807, 2.05) is 36.4 Å². The summed E-state index contributed by atoms with van der Waals surface area (Å²) in [5.74, 6) is 1.73. The Morgan fingerprint density at radius 2 is 1.97 bits per heavy atom. The molecular weight excluding hydrogens is 412 g/mol. The van der Waals surface area contributed by atoms with Crippen molar-refractivity contribution in [1.82, 2.24) is 15.2 Å². The van der Waals surface area contributed by atoms with Crippen LogP contribution in [0.3, 0.4) is 0 Å². The van der Waals surface area contributed by atoms with Crippen LogP contribution in [0.25, 0.3) is 21.7 Å². The smallest absolute Gasteiger partial charge is 0.277 e. The molecule has 0 aliphatic carbocycles. The number of nitrogens with zero attached hydrogens (tertiary/aromatic N) is 3. The maximum atomic E-state index is 12.2. The second-order valence-corrected chi connectivity index (χ2v) is 7.75. The number of methoxy groups -OCH3 is 2. The van der Waals surface area contributed by atoms with E-state index in [1.54, 1.807) is 20.3 Å². The van der Waals surface area contributed by atoms with Crippen molar-refractivity contribution in [2.75, 3.05) is 25.3 Å². The number of amides is 1. The van der Waals surface area contributed by atoms with Crippen molar-refractivity contribution in [3.05, 3.63) is 42.5 Å². The normalized spacial score (nSPS) is 10.8. The van der Waals surface area contributed by atoms with Gasteiger partial charge in [0.1, 0.15) is 11.5 Å². The van der Waals surface area contributed by atoms with Gasteiger partial charge in [-0.15, -0.1) is 10.2 Å². The van der Waals surface area contributed by atoms with Gasteiger partial charge in [0, 0.05) is 5.56 Å². The lowest BCUT2D eigenvalue weighted by molar-refractivity contribution is -0.113. The highest BCUT2D eigenvalue weighted by Gasteiger charge is 2.13. The quantitative estimate of drug-likeness (QED) is 0.439. The van der Waals surface area contributed by atoms with E-state index < -0.39 is 0 Å². The zero-order valence-corrected chi connectivity index (χ0v) is 17.2. The highest BCUT2D eigenvalue weighted by Crippen LogP contribution is 2.30. The number of fused-ring (bicyclic) bond motifs is 1. The Morgan fingerprint density at radius 3 is 2.79 bits per heavy atom. The van der Waals surface area contributed by atoms with Crippen molar-refractivity contribution in [3.8, 4) is 23.0 Å². The number of anilines is 1. The van der Waals surface area contributed by atoms with Gasteiger partial charge in [-0.1, -0.05) is 29.2 Å². The van der Waals surface area contributed by atoms with E-state index >= 15 is 0 Å². The van der Waals surface area contributed by atoms with Crippen LogP contribution in [0.1, 0.15) is 0 Å². The summed E-state index contributed by atoms with van der Waals surface area (Å²) in [5.41, 5.74) is 1.55. The van der Waals surface area contributed by atoms with Crippen LogP contribution >= 0.6 is 23.1 Å². The van der Waals surface area contributed by atoms with Crippen LogP contribution in [-0.4, -0.2) is 41.1 Å². The van der Waals surface area contributed by atoms with Crippen LogP contribution in [0.2, 0.25) is 0 Å². The molecule has 0 aliphatic heterocycles. The Morgan fingerprint density at radius 1 is 1.14 bits per heavy atom. The maximum absolute atomic E-state index is 12.2. The summed E-state index contributed by atoms with van der Waals surface area (Å²) in [7, 11) is 3.20. The molecule has 2 aromatic heterocycles. The van der Waals surface area contributed by atoms with Gasteiger partial charge in [0.05, 0.1) is 30.2 Å². The number of carbonyl (C=O) groups excluding carboxylic acids is 1. The molecule has 8 nitrogen and oxygen atoms in total. The zero-order chi connectivity index (χ0) is 20.2. The number of ether oxygens (including phenoxy) is 2. The van der Waals surface area contributed by atoms with Crippen molar-refractivity contribution in [1.29, 1.82) is 0 Å². The Balaban J connectivity index is 1.37. The molecule has 29 heavy (non-hydrogen) atoms. The molecule has 0 saturated heterocycles. The van der Waals surface area contributed by atoms with Crippen LogP contribution < -0.4 is 14.8 Å². The van der Waals surface area contributed by atoms with Crippen LogP contribution in [-0.2, 0) is 4.79 Å². The maximum Gasteiger partial charge on any atom is 0.277 e. The molecule has 0 unspecified atom stereocenters. The van der Waals surface area contributed by atoms with Crippen LogP contribution in [0.4, 0.5) is 5.13 Å². The lowest BCUT2D eigenvalue weighted by Crippen LogP contribution is -2.13. The lowest BCUT2D eigenvalue weighted by atomic mass is 10.2. The molecule has 0 atom stereocenters. The molecule has 0 fully saturated rings. The second-order valence-electron chi connectivity index (χ2n) is 5.79.